The molecule has 5 nitrogen and oxygen atoms in total. The Hall–Kier alpha value is -2.14. The number of rotatable bonds is 5. The minimum absolute atomic E-state index is 0.117. The summed E-state index contributed by atoms with van der Waals surface area (Å²) in [6.45, 7) is 4.61. The third-order valence-corrected chi connectivity index (χ3v) is 4.81. The highest BCUT2D eigenvalue weighted by atomic mass is 16.2. The molecule has 3 rings (SSSR count). The second-order valence-corrected chi connectivity index (χ2v) is 6.69. The third-order valence-electron chi connectivity index (χ3n) is 4.81. The molecule has 0 aliphatic carbocycles. The Balaban J connectivity index is 1.55. The fraction of sp³-hybridized carbons (Fsp3) is 0.474. The Morgan fingerprint density at radius 3 is 3.04 bits per heavy atom. The van der Waals surface area contributed by atoms with E-state index in [4.69, 9.17) is 0 Å². The molecule has 1 atom stereocenters. The molecule has 0 saturated carbocycles. The van der Waals surface area contributed by atoms with Crippen molar-refractivity contribution >= 4 is 5.91 Å². The van der Waals surface area contributed by atoms with Gasteiger partial charge in [0.25, 0.3) is 5.91 Å². The van der Waals surface area contributed by atoms with Crippen LogP contribution in [0.25, 0.3) is 0 Å². The number of aryl methyl sites for hydroxylation is 1. The number of pyridine rings is 1. The van der Waals surface area contributed by atoms with Crippen LogP contribution >= 0.6 is 0 Å². The Morgan fingerprint density at radius 2 is 2.33 bits per heavy atom. The molecule has 1 aliphatic rings. The molecule has 5 heteroatoms. The lowest BCUT2D eigenvalue weighted by Crippen LogP contribution is -2.49. The van der Waals surface area contributed by atoms with Gasteiger partial charge in [0.15, 0.2) is 0 Å². The summed E-state index contributed by atoms with van der Waals surface area (Å²) in [5, 5.41) is 0. The second-order valence-electron chi connectivity index (χ2n) is 6.69. The number of aromatic amines is 1. The van der Waals surface area contributed by atoms with Crippen molar-refractivity contribution in [3.8, 4) is 0 Å². The van der Waals surface area contributed by atoms with Crippen LogP contribution in [-0.2, 0) is 6.42 Å². The number of likely N-dealkylation sites (tertiary alicyclic amines) is 1. The molecular formula is C19H26N4O. The van der Waals surface area contributed by atoms with Crippen molar-refractivity contribution < 1.29 is 4.79 Å². The highest BCUT2D eigenvalue weighted by Gasteiger charge is 2.27. The molecule has 1 saturated heterocycles. The molecule has 128 valence electrons. The normalized spacial score (nSPS) is 18.1. The van der Waals surface area contributed by atoms with E-state index in [1.54, 1.807) is 0 Å². The Labute approximate surface area is 143 Å². The quantitative estimate of drug-likeness (QED) is 0.918. The van der Waals surface area contributed by atoms with Crippen LogP contribution in [0.4, 0.5) is 0 Å². The highest BCUT2D eigenvalue weighted by Crippen LogP contribution is 2.17. The zero-order valence-electron chi connectivity index (χ0n) is 14.5. The van der Waals surface area contributed by atoms with Gasteiger partial charge in [-0.25, -0.2) is 0 Å². The largest absolute Gasteiger partial charge is 0.357 e. The van der Waals surface area contributed by atoms with Gasteiger partial charge in [0.1, 0.15) is 5.69 Å². The Morgan fingerprint density at radius 1 is 1.46 bits per heavy atom. The number of H-pyrrole nitrogens is 1. The molecule has 0 radical (unpaired) electrons. The van der Waals surface area contributed by atoms with Crippen molar-refractivity contribution in [1.29, 1.82) is 0 Å². The van der Waals surface area contributed by atoms with Crippen LogP contribution < -0.4 is 0 Å². The molecule has 2 aromatic heterocycles. The number of amides is 1. The first kappa shape index (κ1) is 16.7. The predicted octanol–water partition coefficient (Wildman–Crippen LogP) is 2.50. The van der Waals surface area contributed by atoms with Gasteiger partial charge in [0.05, 0.1) is 0 Å². The third kappa shape index (κ3) is 4.03. The molecule has 24 heavy (non-hydrogen) atoms. The summed E-state index contributed by atoms with van der Waals surface area (Å²) in [4.78, 5) is 24.4. The topological polar surface area (TPSA) is 52.2 Å². The number of hydrogen-bond acceptors (Lipinski definition) is 3. The van der Waals surface area contributed by atoms with Crippen LogP contribution in [0.15, 0.2) is 36.7 Å². The smallest absolute Gasteiger partial charge is 0.270 e. The van der Waals surface area contributed by atoms with Crippen LogP contribution in [0.2, 0.25) is 0 Å². The van der Waals surface area contributed by atoms with E-state index in [0.717, 1.165) is 50.2 Å². The maximum Gasteiger partial charge on any atom is 0.270 e. The summed E-state index contributed by atoms with van der Waals surface area (Å²) in [6, 6.07) is 8.39. The van der Waals surface area contributed by atoms with E-state index in [9.17, 15) is 4.79 Å². The summed E-state index contributed by atoms with van der Waals surface area (Å²) in [7, 11) is 2.15. The summed E-state index contributed by atoms with van der Waals surface area (Å²) < 4.78 is 0. The van der Waals surface area contributed by atoms with Crippen LogP contribution in [-0.4, -0.2) is 58.4 Å². The fourth-order valence-corrected chi connectivity index (χ4v) is 3.31. The summed E-state index contributed by atoms with van der Waals surface area (Å²) in [5.41, 5.74) is 2.92. The molecule has 0 aromatic carbocycles. The molecular weight excluding hydrogens is 300 g/mol. The van der Waals surface area contributed by atoms with Crippen molar-refractivity contribution in [3.05, 3.63) is 53.6 Å². The van der Waals surface area contributed by atoms with Crippen molar-refractivity contribution in [2.45, 2.75) is 32.2 Å². The van der Waals surface area contributed by atoms with Crippen molar-refractivity contribution in [2.24, 2.45) is 0 Å². The minimum atomic E-state index is 0.117. The summed E-state index contributed by atoms with van der Waals surface area (Å²) in [5.74, 6) is 0.117. The minimum Gasteiger partial charge on any atom is -0.357 e. The van der Waals surface area contributed by atoms with Crippen molar-refractivity contribution in [3.63, 3.8) is 0 Å². The Kier molecular flexibility index (Phi) is 5.30. The van der Waals surface area contributed by atoms with Crippen molar-refractivity contribution in [2.75, 3.05) is 26.7 Å². The molecule has 0 bridgehead atoms. The van der Waals surface area contributed by atoms with E-state index >= 15 is 0 Å². The first-order valence-electron chi connectivity index (χ1n) is 8.68. The molecule has 1 amide bonds. The average molecular weight is 326 g/mol. The van der Waals surface area contributed by atoms with Gasteiger partial charge in [0.2, 0.25) is 0 Å². The SMILES string of the molecule is Cc1c[nH]c(C(=O)N2CCC[C@@H](N(C)CCc3ccccn3)C2)c1. The van der Waals surface area contributed by atoms with Gasteiger partial charge in [-0.1, -0.05) is 6.07 Å². The van der Waals surface area contributed by atoms with E-state index in [-0.39, 0.29) is 5.91 Å². The second kappa shape index (κ2) is 7.62. The molecule has 2 aromatic rings. The van der Waals surface area contributed by atoms with Gasteiger partial charge in [-0.2, -0.15) is 0 Å². The van der Waals surface area contributed by atoms with Crippen molar-refractivity contribution in [1.82, 2.24) is 19.8 Å². The summed E-state index contributed by atoms with van der Waals surface area (Å²) >= 11 is 0. The van der Waals surface area contributed by atoms with Gasteiger partial charge >= 0.3 is 0 Å². The standard InChI is InChI=1S/C19H26N4O/c1-15-12-18(21-13-15)19(24)23-10-5-7-17(14-23)22(2)11-8-16-6-3-4-9-20-16/h3-4,6,9,12-13,17,21H,5,7-8,10-11,14H2,1-2H3/t17-/m1/s1. The first-order valence-corrected chi connectivity index (χ1v) is 8.68. The van der Waals surface area contributed by atoms with Crippen LogP contribution in [0.1, 0.15) is 34.6 Å². The van der Waals surface area contributed by atoms with Gasteiger partial charge < -0.3 is 14.8 Å². The Bertz CT molecular complexity index is 667. The van der Waals surface area contributed by atoms with Gasteiger partial charge in [-0.3, -0.25) is 9.78 Å². The summed E-state index contributed by atoms with van der Waals surface area (Å²) in [6.07, 6.45) is 6.87. The molecule has 3 heterocycles. The highest BCUT2D eigenvalue weighted by molar-refractivity contribution is 5.92. The number of carbonyl (C=O) groups is 1. The van der Waals surface area contributed by atoms with Crippen LogP contribution in [0.5, 0.6) is 0 Å². The zero-order valence-corrected chi connectivity index (χ0v) is 14.5. The monoisotopic (exact) mass is 326 g/mol. The lowest BCUT2D eigenvalue weighted by atomic mass is 10.0. The van der Waals surface area contributed by atoms with E-state index in [2.05, 4.69) is 28.0 Å². The zero-order chi connectivity index (χ0) is 16.9. The number of piperidine rings is 1. The first-order chi connectivity index (χ1) is 11.6. The maximum absolute atomic E-state index is 12.6. The lowest BCUT2D eigenvalue weighted by Gasteiger charge is -2.37. The molecule has 1 fully saturated rings. The molecule has 0 unspecified atom stereocenters. The van der Waals surface area contributed by atoms with Gasteiger partial charge in [0, 0.05) is 50.2 Å². The number of hydrogen-bond donors (Lipinski definition) is 1. The van der Waals surface area contributed by atoms with Gasteiger partial charge in [-0.05, 0) is 50.6 Å². The number of nitrogens with one attached hydrogen (secondary N) is 1. The fourth-order valence-electron chi connectivity index (χ4n) is 3.31. The van der Waals surface area contributed by atoms with E-state index in [0.29, 0.717) is 11.7 Å². The average Bonchev–Trinajstić information content (AvgIpc) is 3.06. The number of nitrogens with zero attached hydrogens (tertiary/aromatic N) is 3. The molecule has 0 spiro atoms. The van der Waals surface area contributed by atoms with E-state index in [1.807, 2.05) is 42.4 Å². The van der Waals surface area contributed by atoms with Crippen LogP contribution in [0.3, 0.4) is 0 Å². The van der Waals surface area contributed by atoms with E-state index in [1.165, 1.54) is 0 Å². The van der Waals surface area contributed by atoms with Gasteiger partial charge in [-0.15, -0.1) is 0 Å². The molecule has 1 N–H and O–H groups in total. The number of likely N-dealkylation sites (N-methyl/N-ethyl adjacent to an activating group) is 1. The van der Waals surface area contributed by atoms with Crippen LogP contribution in [0, 0.1) is 6.92 Å². The number of aromatic nitrogens is 2. The lowest BCUT2D eigenvalue weighted by molar-refractivity contribution is 0.0606. The maximum atomic E-state index is 12.6. The van der Waals surface area contributed by atoms with E-state index < -0.39 is 0 Å². The number of carbonyl (C=O) groups excluding carboxylic acids is 1. The molecule has 1 aliphatic heterocycles. The predicted molar refractivity (Wildman–Crippen MR) is 95.0 cm³/mol.